The summed E-state index contributed by atoms with van der Waals surface area (Å²) in [5.74, 6) is -1.21. The second-order valence-electron chi connectivity index (χ2n) is 3.68. The summed E-state index contributed by atoms with van der Waals surface area (Å²) in [5.41, 5.74) is 0.265. The van der Waals surface area contributed by atoms with E-state index in [1.54, 1.807) is 24.3 Å². The van der Waals surface area contributed by atoms with Gasteiger partial charge in [0.2, 0.25) is 0 Å². The van der Waals surface area contributed by atoms with Crippen molar-refractivity contribution in [2.24, 2.45) is 0 Å². The van der Waals surface area contributed by atoms with Gasteiger partial charge in [-0.15, -0.1) is 0 Å². The van der Waals surface area contributed by atoms with Crippen LogP contribution in [0.4, 0.5) is 10.1 Å². The Morgan fingerprint density at radius 1 is 1.21 bits per heavy atom. The molecule has 6 heteroatoms. The van der Waals surface area contributed by atoms with Crippen molar-refractivity contribution < 1.29 is 9.18 Å². The smallest absolute Gasteiger partial charge is 0.258 e. The van der Waals surface area contributed by atoms with Crippen molar-refractivity contribution in [2.75, 3.05) is 5.32 Å². The lowest BCUT2D eigenvalue weighted by atomic mass is 10.2. The Kier molecular flexibility index (Phi) is 4.45. The minimum atomic E-state index is -0.620. The Morgan fingerprint density at radius 2 is 1.95 bits per heavy atom. The molecule has 0 saturated heterocycles. The van der Waals surface area contributed by atoms with Gasteiger partial charge in [0.05, 0.1) is 21.3 Å². The van der Waals surface area contributed by atoms with Crippen LogP contribution in [0.2, 0.25) is 10.0 Å². The number of carbonyl (C=O) groups excluding carboxylic acids is 1. The molecular formula is C13H7BrCl2FNO. The molecule has 2 aromatic rings. The maximum Gasteiger partial charge on any atom is 0.258 e. The van der Waals surface area contributed by atoms with Crippen LogP contribution < -0.4 is 5.32 Å². The number of halogens is 4. The molecule has 0 radical (unpaired) electrons. The Hall–Kier alpha value is -1.10. The minimum Gasteiger partial charge on any atom is -0.320 e. The van der Waals surface area contributed by atoms with E-state index in [4.69, 9.17) is 23.2 Å². The molecule has 98 valence electrons. The molecule has 2 aromatic carbocycles. The van der Waals surface area contributed by atoms with E-state index in [1.165, 1.54) is 12.1 Å². The number of hydrogen-bond acceptors (Lipinski definition) is 1. The van der Waals surface area contributed by atoms with E-state index < -0.39 is 11.7 Å². The van der Waals surface area contributed by atoms with Crippen molar-refractivity contribution in [3.05, 3.63) is 62.3 Å². The molecule has 1 N–H and O–H groups in total. The molecule has 2 rings (SSSR count). The molecule has 0 aromatic heterocycles. The zero-order valence-electron chi connectivity index (χ0n) is 9.38. The zero-order chi connectivity index (χ0) is 14.0. The van der Waals surface area contributed by atoms with Crippen molar-refractivity contribution in [1.29, 1.82) is 0 Å². The standard InChI is InChI=1S/C13H7BrCl2FNO/c14-7-4-5-8(10(17)6-7)13(19)18-11-3-1-2-9(15)12(11)16/h1-6H,(H,18,19). The predicted molar refractivity (Wildman–Crippen MR) is 78.5 cm³/mol. The van der Waals surface area contributed by atoms with Gasteiger partial charge >= 0.3 is 0 Å². The maximum absolute atomic E-state index is 13.6. The Morgan fingerprint density at radius 3 is 2.63 bits per heavy atom. The Balaban J connectivity index is 2.28. The summed E-state index contributed by atoms with van der Waals surface area (Å²) in [7, 11) is 0. The van der Waals surface area contributed by atoms with Gasteiger partial charge in [0.15, 0.2) is 0 Å². The summed E-state index contributed by atoms with van der Waals surface area (Å²) in [4.78, 5) is 11.9. The van der Waals surface area contributed by atoms with E-state index in [1.807, 2.05) is 0 Å². The van der Waals surface area contributed by atoms with Crippen molar-refractivity contribution in [3.63, 3.8) is 0 Å². The van der Waals surface area contributed by atoms with Crippen LogP contribution in [-0.2, 0) is 0 Å². The average Bonchev–Trinajstić information content (AvgIpc) is 2.34. The van der Waals surface area contributed by atoms with E-state index in [2.05, 4.69) is 21.2 Å². The summed E-state index contributed by atoms with van der Waals surface area (Å²) in [5, 5.41) is 3.05. The normalized spacial score (nSPS) is 10.3. The van der Waals surface area contributed by atoms with Gasteiger partial charge in [-0.3, -0.25) is 4.79 Å². The SMILES string of the molecule is O=C(Nc1cccc(Cl)c1Cl)c1ccc(Br)cc1F. The van der Waals surface area contributed by atoms with Crippen LogP contribution in [0, 0.1) is 5.82 Å². The number of anilines is 1. The highest BCUT2D eigenvalue weighted by Crippen LogP contribution is 2.30. The van der Waals surface area contributed by atoms with Gasteiger partial charge in [-0.1, -0.05) is 45.2 Å². The quantitative estimate of drug-likeness (QED) is 0.786. The van der Waals surface area contributed by atoms with Gasteiger partial charge in [-0.2, -0.15) is 0 Å². The number of nitrogens with one attached hydrogen (secondary N) is 1. The van der Waals surface area contributed by atoms with Gasteiger partial charge in [0, 0.05) is 4.47 Å². The summed E-state index contributed by atoms with van der Waals surface area (Å²) < 4.78 is 14.2. The van der Waals surface area contributed by atoms with Crippen molar-refractivity contribution in [2.45, 2.75) is 0 Å². The number of carbonyl (C=O) groups is 1. The Labute approximate surface area is 127 Å². The molecule has 0 bridgehead atoms. The predicted octanol–water partition coefficient (Wildman–Crippen LogP) is 5.15. The van der Waals surface area contributed by atoms with Gasteiger partial charge in [0.25, 0.3) is 5.91 Å². The molecule has 0 atom stereocenters. The number of rotatable bonds is 2. The first-order valence-corrected chi connectivity index (χ1v) is 6.74. The Bertz CT molecular complexity index is 649. The lowest BCUT2D eigenvalue weighted by molar-refractivity contribution is 0.102. The van der Waals surface area contributed by atoms with Gasteiger partial charge in [-0.05, 0) is 30.3 Å². The number of benzene rings is 2. The van der Waals surface area contributed by atoms with E-state index in [0.29, 0.717) is 15.2 Å². The summed E-state index contributed by atoms with van der Waals surface area (Å²) in [6, 6.07) is 9.00. The fourth-order valence-electron chi connectivity index (χ4n) is 1.46. The highest BCUT2D eigenvalue weighted by molar-refractivity contribution is 9.10. The molecular weight excluding hydrogens is 356 g/mol. The molecule has 0 aliphatic carbocycles. The summed E-state index contributed by atoms with van der Waals surface area (Å²) in [6.45, 7) is 0. The molecule has 0 fully saturated rings. The fraction of sp³-hybridized carbons (Fsp3) is 0. The highest BCUT2D eigenvalue weighted by atomic mass is 79.9. The topological polar surface area (TPSA) is 29.1 Å². The first-order chi connectivity index (χ1) is 8.99. The molecule has 0 aliphatic rings. The van der Waals surface area contributed by atoms with Crippen LogP contribution in [0.15, 0.2) is 40.9 Å². The van der Waals surface area contributed by atoms with E-state index in [-0.39, 0.29) is 10.6 Å². The third-order valence-electron chi connectivity index (χ3n) is 2.38. The van der Waals surface area contributed by atoms with E-state index >= 15 is 0 Å². The minimum absolute atomic E-state index is 0.0701. The monoisotopic (exact) mass is 361 g/mol. The van der Waals surface area contributed by atoms with Crippen LogP contribution in [0.3, 0.4) is 0 Å². The lowest BCUT2D eigenvalue weighted by Gasteiger charge is -2.08. The van der Waals surface area contributed by atoms with E-state index in [9.17, 15) is 9.18 Å². The molecule has 0 spiro atoms. The van der Waals surface area contributed by atoms with Crippen molar-refractivity contribution >= 4 is 50.7 Å². The van der Waals surface area contributed by atoms with Crippen LogP contribution in [0.25, 0.3) is 0 Å². The molecule has 0 heterocycles. The largest absolute Gasteiger partial charge is 0.320 e. The summed E-state index contributed by atoms with van der Waals surface area (Å²) >= 11 is 14.9. The lowest BCUT2D eigenvalue weighted by Crippen LogP contribution is -2.14. The van der Waals surface area contributed by atoms with Crippen molar-refractivity contribution in [3.8, 4) is 0 Å². The van der Waals surface area contributed by atoms with Gasteiger partial charge < -0.3 is 5.32 Å². The number of hydrogen-bond donors (Lipinski definition) is 1. The molecule has 2 nitrogen and oxygen atoms in total. The van der Waals surface area contributed by atoms with E-state index in [0.717, 1.165) is 0 Å². The fourth-order valence-corrected chi connectivity index (χ4v) is 2.14. The zero-order valence-corrected chi connectivity index (χ0v) is 12.5. The van der Waals surface area contributed by atoms with Crippen LogP contribution in [0.5, 0.6) is 0 Å². The maximum atomic E-state index is 13.6. The molecule has 0 saturated carbocycles. The summed E-state index contributed by atoms with van der Waals surface area (Å²) in [6.07, 6.45) is 0. The molecule has 1 amide bonds. The molecule has 0 unspecified atom stereocenters. The second-order valence-corrected chi connectivity index (χ2v) is 5.38. The highest BCUT2D eigenvalue weighted by Gasteiger charge is 2.14. The third kappa shape index (κ3) is 3.26. The first-order valence-electron chi connectivity index (χ1n) is 5.19. The molecule has 19 heavy (non-hydrogen) atoms. The molecule has 0 aliphatic heterocycles. The van der Waals surface area contributed by atoms with Crippen LogP contribution >= 0.6 is 39.1 Å². The second kappa shape index (κ2) is 5.90. The van der Waals surface area contributed by atoms with Crippen molar-refractivity contribution in [1.82, 2.24) is 0 Å². The van der Waals surface area contributed by atoms with Crippen LogP contribution in [0.1, 0.15) is 10.4 Å². The average molecular weight is 363 g/mol. The number of amides is 1. The van der Waals surface area contributed by atoms with Gasteiger partial charge in [0.1, 0.15) is 5.82 Å². The van der Waals surface area contributed by atoms with Gasteiger partial charge in [-0.25, -0.2) is 4.39 Å². The first kappa shape index (κ1) is 14.3. The third-order valence-corrected chi connectivity index (χ3v) is 3.69. The van der Waals surface area contributed by atoms with Crippen LogP contribution in [-0.4, -0.2) is 5.91 Å².